The van der Waals surface area contributed by atoms with Gasteiger partial charge in [0.05, 0.1) is 11.7 Å². The van der Waals surface area contributed by atoms with E-state index in [4.69, 9.17) is 17.0 Å². The van der Waals surface area contributed by atoms with Gasteiger partial charge < -0.3 is 10.1 Å². The molecule has 0 saturated heterocycles. The molecule has 0 heterocycles. The summed E-state index contributed by atoms with van der Waals surface area (Å²) in [6, 6.07) is 20.4. The molecule has 0 saturated carbocycles. The van der Waals surface area contributed by atoms with Gasteiger partial charge in [0.2, 0.25) is 0 Å². The van der Waals surface area contributed by atoms with Crippen molar-refractivity contribution in [2.45, 2.75) is 26.9 Å². The number of anilines is 1. The van der Waals surface area contributed by atoms with Crippen LogP contribution in [0.1, 0.15) is 50.5 Å². The zero-order valence-electron chi connectivity index (χ0n) is 19.5. The van der Waals surface area contributed by atoms with Gasteiger partial charge in [-0.15, -0.1) is 0 Å². The van der Waals surface area contributed by atoms with Gasteiger partial charge in [-0.05, 0) is 81.5 Å². The number of aryl methyl sites for hydroxylation is 1. The van der Waals surface area contributed by atoms with Gasteiger partial charge in [0.25, 0.3) is 17.7 Å². The Balaban J connectivity index is 1.52. The molecular formula is C26H26N4O4S. The highest BCUT2D eigenvalue weighted by Gasteiger charge is 2.15. The average molecular weight is 491 g/mol. The topological polar surface area (TPSA) is 109 Å². The number of benzene rings is 3. The smallest absolute Gasteiger partial charge is 0.269 e. The van der Waals surface area contributed by atoms with Crippen molar-refractivity contribution in [1.29, 1.82) is 0 Å². The molecule has 4 N–H and O–H groups in total. The summed E-state index contributed by atoms with van der Waals surface area (Å²) < 4.78 is 5.65. The predicted molar refractivity (Wildman–Crippen MR) is 138 cm³/mol. The summed E-state index contributed by atoms with van der Waals surface area (Å²) in [4.78, 5) is 37.3. The first-order valence-electron chi connectivity index (χ1n) is 10.9. The molecule has 0 spiro atoms. The Morgan fingerprint density at radius 2 is 1.51 bits per heavy atom. The fraction of sp³-hybridized carbons (Fsp3) is 0.154. The highest BCUT2D eigenvalue weighted by molar-refractivity contribution is 7.80. The lowest BCUT2D eigenvalue weighted by atomic mass is 10.1. The van der Waals surface area contributed by atoms with Gasteiger partial charge in [0, 0.05) is 16.8 Å². The second kappa shape index (κ2) is 11.8. The van der Waals surface area contributed by atoms with Crippen LogP contribution in [-0.4, -0.2) is 28.9 Å². The summed E-state index contributed by atoms with van der Waals surface area (Å²) in [5, 5.41) is 5.22. The first kappa shape index (κ1) is 25.4. The van der Waals surface area contributed by atoms with Gasteiger partial charge in [-0.25, -0.2) is 0 Å². The molecule has 0 fully saturated rings. The molecule has 0 aliphatic carbocycles. The van der Waals surface area contributed by atoms with Crippen LogP contribution in [0.4, 0.5) is 5.69 Å². The summed E-state index contributed by atoms with van der Waals surface area (Å²) >= 11 is 5.11. The van der Waals surface area contributed by atoms with Crippen LogP contribution in [0.2, 0.25) is 0 Å². The number of hydrogen-bond acceptors (Lipinski definition) is 5. The standard InChI is InChI=1S/C26H26N4O4S/c1-16(2)34-22-10-5-4-9-21(22)25(33)28-26(35)30-29-24(32)18-11-13-20(14-12-18)27-23(31)19-8-6-7-17(3)15-19/h4-16H,1-3H3,(H,27,31)(H,29,32)(H2,28,30,33,35). The quantitative estimate of drug-likeness (QED) is 0.307. The number of rotatable bonds is 6. The Hall–Kier alpha value is -4.24. The van der Waals surface area contributed by atoms with Gasteiger partial charge in [0.15, 0.2) is 5.11 Å². The molecular weight excluding hydrogens is 464 g/mol. The molecule has 0 atom stereocenters. The monoisotopic (exact) mass is 490 g/mol. The van der Waals surface area contributed by atoms with Gasteiger partial charge in [-0.2, -0.15) is 0 Å². The zero-order valence-corrected chi connectivity index (χ0v) is 20.4. The molecule has 8 nitrogen and oxygen atoms in total. The van der Waals surface area contributed by atoms with Crippen molar-refractivity contribution in [3.05, 3.63) is 95.1 Å². The van der Waals surface area contributed by atoms with Crippen LogP contribution in [0.25, 0.3) is 0 Å². The molecule has 0 aliphatic rings. The molecule has 3 aromatic carbocycles. The lowest BCUT2D eigenvalue weighted by Crippen LogP contribution is -2.48. The van der Waals surface area contributed by atoms with Gasteiger partial charge in [0.1, 0.15) is 5.75 Å². The number of hydrazine groups is 1. The number of para-hydroxylation sites is 1. The molecule has 0 aliphatic heterocycles. The normalized spacial score (nSPS) is 10.3. The number of nitrogens with one attached hydrogen (secondary N) is 4. The minimum Gasteiger partial charge on any atom is -0.490 e. The van der Waals surface area contributed by atoms with Gasteiger partial charge >= 0.3 is 0 Å². The van der Waals surface area contributed by atoms with Crippen LogP contribution >= 0.6 is 12.2 Å². The number of thiocarbonyl (C=S) groups is 1. The van der Waals surface area contributed by atoms with Crippen molar-refractivity contribution in [2.24, 2.45) is 0 Å². The Kier molecular flexibility index (Phi) is 8.53. The van der Waals surface area contributed by atoms with Crippen molar-refractivity contribution >= 4 is 40.7 Å². The Labute approximate surface area is 209 Å². The summed E-state index contributed by atoms with van der Waals surface area (Å²) in [6.07, 6.45) is -0.101. The molecule has 180 valence electrons. The second-order valence-corrected chi connectivity index (χ2v) is 8.33. The van der Waals surface area contributed by atoms with Crippen molar-refractivity contribution in [1.82, 2.24) is 16.2 Å². The SMILES string of the molecule is Cc1cccc(C(=O)Nc2ccc(C(=O)NNC(=S)NC(=O)c3ccccc3OC(C)C)cc2)c1. The third-order valence-electron chi connectivity index (χ3n) is 4.70. The third-order valence-corrected chi connectivity index (χ3v) is 4.90. The first-order valence-corrected chi connectivity index (χ1v) is 11.3. The van der Waals surface area contributed by atoms with E-state index < -0.39 is 11.8 Å². The predicted octanol–water partition coefficient (Wildman–Crippen LogP) is 3.98. The van der Waals surface area contributed by atoms with Crippen LogP contribution < -0.4 is 26.2 Å². The Bertz CT molecular complexity index is 1240. The average Bonchev–Trinajstić information content (AvgIpc) is 2.83. The maximum Gasteiger partial charge on any atom is 0.269 e. The Morgan fingerprint density at radius 3 is 2.20 bits per heavy atom. The number of carbonyl (C=O) groups is 3. The van der Waals surface area contributed by atoms with Crippen LogP contribution in [0.15, 0.2) is 72.8 Å². The summed E-state index contributed by atoms with van der Waals surface area (Å²) in [7, 11) is 0. The number of hydrogen-bond donors (Lipinski definition) is 4. The summed E-state index contributed by atoms with van der Waals surface area (Å²) in [6.45, 7) is 5.64. The van der Waals surface area contributed by atoms with Crippen molar-refractivity contribution in [3.8, 4) is 5.75 Å². The largest absolute Gasteiger partial charge is 0.490 e. The highest BCUT2D eigenvalue weighted by atomic mass is 32.1. The fourth-order valence-electron chi connectivity index (χ4n) is 3.09. The zero-order chi connectivity index (χ0) is 25.4. The summed E-state index contributed by atoms with van der Waals surface area (Å²) in [5.41, 5.74) is 7.66. The van der Waals surface area contributed by atoms with E-state index in [1.165, 1.54) is 0 Å². The molecule has 0 unspecified atom stereocenters. The third kappa shape index (κ3) is 7.38. The first-order chi connectivity index (χ1) is 16.7. The van der Waals surface area contributed by atoms with E-state index in [-0.39, 0.29) is 17.1 Å². The maximum atomic E-state index is 12.6. The van der Waals surface area contributed by atoms with Crippen molar-refractivity contribution in [3.63, 3.8) is 0 Å². The number of carbonyl (C=O) groups excluding carboxylic acids is 3. The van der Waals surface area contributed by atoms with E-state index in [0.717, 1.165) is 5.56 Å². The van der Waals surface area contributed by atoms with E-state index in [2.05, 4.69) is 21.5 Å². The van der Waals surface area contributed by atoms with E-state index in [9.17, 15) is 14.4 Å². The van der Waals surface area contributed by atoms with Crippen LogP contribution in [0.3, 0.4) is 0 Å². The molecule has 0 bridgehead atoms. The van der Waals surface area contributed by atoms with Crippen LogP contribution in [0, 0.1) is 6.92 Å². The molecule has 35 heavy (non-hydrogen) atoms. The van der Waals surface area contributed by atoms with Crippen molar-refractivity contribution < 1.29 is 19.1 Å². The fourth-order valence-corrected chi connectivity index (χ4v) is 3.24. The summed E-state index contributed by atoms with van der Waals surface area (Å²) in [5.74, 6) is -0.751. The highest BCUT2D eigenvalue weighted by Crippen LogP contribution is 2.19. The minimum absolute atomic E-state index is 0.0789. The molecule has 9 heteroatoms. The minimum atomic E-state index is -0.471. The van der Waals surface area contributed by atoms with E-state index >= 15 is 0 Å². The number of amides is 3. The van der Waals surface area contributed by atoms with E-state index in [0.29, 0.717) is 28.1 Å². The molecule has 0 radical (unpaired) electrons. The molecule has 3 rings (SSSR count). The van der Waals surface area contributed by atoms with Gasteiger partial charge in [-0.1, -0.05) is 29.8 Å². The van der Waals surface area contributed by atoms with E-state index in [1.807, 2.05) is 32.9 Å². The molecule has 3 aromatic rings. The van der Waals surface area contributed by atoms with Crippen LogP contribution in [-0.2, 0) is 0 Å². The second-order valence-electron chi connectivity index (χ2n) is 7.93. The number of ether oxygens (including phenoxy) is 1. The van der Waals surface area contributed by atoms with Crippen LogP contribution in [0.5, 0.6) is 5.75 Å². The molecule has 3 amide bonds. The lowest BCUT2D eigenvalue weighted by molar-refractivity contribution is 0.0933. The van der Waals surface area contributed by atoms with E-state index in [1.54, 1.807) is 60.7 Å². The Morgan fingerprint density at radius 1 is 0.800 bits per heavy atom. The molecule has 0 aromatic heterocycles. The van der Waals surface area contributed by atoms with Gasteiger partial charge in [-0.3, -0.25) is 30.6 Å². The van der Waals surface area contributed by atoms with Crippen molar-refractivity contribution in [2.75, 3.05) is 5.32 Å². The maximum absolute atomic E-state index is 12.6. The lowest BCUT2D eigenvalue weighted by Gasteiger charge is -2.15.